The topological polar surface area (TPSA) is 57.1 Å². The van der Waals surface area contributed by atoms with Gasteiger partial charge in [-0.25, -0.2) is 9.79 Å². The van der Waals surface area contributed by atoms with Gasteiger partial charge in [0.05, 0.1) is 14.2 Å². The summed E-state index contributed by atoms with van der Waals surface area (Å²) in [6.07, 6.45) is 3.04. The smallest absolute Gasteiger partial charge is 0.363 e. The monoisotopic (exact) mass is 337 g/mol. The van der Waals surface area contributed by atoms with E-state index in [1.807, 2.05) is 36.4 Å². The predicted molar refractivity (Wildman–Crippen MR) is 95.8 cm³/mol. The number of ether oxygens (including phenoxy) is 3. The first kappa shape index (κ1) is 16.8. The Morgan fingerprint density at radius 2 is 1.76 bits per heavy atom. The molecule has 0 amide bonds. The molecule has 25 heavy (non-hydrogen) atoms. The van der Waals surface area contributed by atoms with Gasteiger partial charge in [0.2, 0.25) is 0 Å². The lowest BCUT2D eigenvalue weighted by atomic mass is 10.1. The van der Waals surface area contributed by atoms with Crippen LogP contribution in [0.2, 0.25) is 0 Å². The number of aryl methyl sites for hydroxylation is 1. The molecule has 0 saturated carbocycles. The van der Waals surface area contributed by atoms with E-state index in [9.17, 15) is 4.79 Å². The van der Waals surface area contributed by atoms with Crippen LogP contribution < -0.4 is 9.47 Å². The number of benzene rings is 2. The Kier molecular flexibility index (Phi) is 5.14. The van der Waals surface area contributed by atoms with Crippen molar-refractivity contribution in [1.82, 2.24) is 0 Å². The van der Waals surface area contributed by atoms with Gasteiger partial charge in [0.1, 0.15) is 0 Å². The molecule has 5 nitrogen and oxygen atoms in total. The molecular weight excluding hydrogens is 318 g/mol. The van der Waals surface area contributed by atoms with Gasteiger partial charge in [-0.05, 0) is 35.8 Å². The molecule has 0 spiro atoms. The van der Waals surface area contributed by atoms with Crippen LogP contribution in [0.15, 0.2) is 59.2 Å². The van der Waals surface area contributed by atoms with Crippen LogP contribution in [0.25, 0.3) is 6.08 Å². The van der Waals surface area contributed by atoms with Crippen molar-refractivity contribution in [3.05, 3.63) is 65.4 Å². The fourth-order valence-corrected chi connectivity index (χ4v) is 2.56. The van der Waals surface area contributed by atoms with E-state index in [0.717, 1.165) is 12.0 Å². The van der Waals surface area contributed by atoms with Crippen LogP contribution >= 0.6 is 0 Å². The Labute approximate surface area is 146 Å². The van der Waals surface area contributed by atoms with Crippen molar-refractivity contribution in [3.8, 4) is 11.5 Å². The normalized spacial score (nSPS) is 15.0. The van der Waals surface area contributed by atoms with Gasteiger partial charge in [-0.15, -0.1) is 0 Å². The summed E-state index contributed by atoms with van der Waals surface area (Å²) in [5, 5.41) is 0. The summed E-state index contributed by atoms with van der Waals surface area (Å²) in [5.74, 6) is 1.24. The minimum atomic E-state index is -0.433. The maximum atomic E-state index is 12.0. The van der Waals surface area contributed by atoms with Crippen molar-refractivity contribution < 1.29 is 19.0 Å². The van der Waals surface area contributed by atoms with Crippen LogP contribution in [-0.2, 0) is 16.0 Å². The number of carbonyl (C=O) groups is 1. The molecule has 0 aromatic heterocycles. The lowest BCUT2D eigenvalue weighted by Crippen LogP contribution is -2.05. The average molecular weight is 337 g/mol. The van der Waals surface area contributed by atoms with E-state index in [-0.39, 0.29) is 5.70 Å². The van der Waals surface area contributed by atoms with Gasteiger partial charge in [-0.2, -0.15) is 0 Å². The molecule has 0 unspecified atom stereocenters. The van der Waals surface area contributed by atoms with Gasteiger partial charge >= 0.3 is 5.97 Å². The molecule has 5 heteroatoms. The predicted octanol–water partition coefficient (Wildman–Crippen LogP) is 3.63. The van der Waals surface area contributed by atoms with Gasteiger partial charge in [-0.3, -0.25) is 0 Å². The summed E-state index contributed by atoms with van der Waals surface area (Å²) < 4.78 is 15.7. The molecule has 128 valence electrons. The zero-order valence-corrected chi connectivity index (χ0v) is 14.2. The highest BCUT2D eigenvalue weighted by Crippen LogP contribution is 2.29. The zero-order valence-electron chi connectivity index (χ0n) is 14.2. The van der Waals surface area contributed by atoms with Crippen LogP contribution in [0.1, 0.15) is 17.5 Å². The molecule has 1 aliphatic heterocycles. The standard InChI is InChI=1S/C20H19NO4/c1-23-17-10-8-15(13-18(17)24-2)12-16-20(22)25-19(21-16)11-9-14-6-4-3-5-7-14/h3-8,10,12-13H,9,11H2,1-2H3/b16-12+. The first-order valence-electron chi connectivity index (χ1n) is 7.97. The largest absolute Gasteiger partial charge is 0.493 e. The molecule has 0 radical (unpaired) electrons. The maximum Gasteiger partial charge on any atom is 0.363 e. The fraction of sp³-hybridized carbons (Fsp3) is 0.200. The number of rotatable bonds is 6. The van der Waals surface area contributed by atoms with Crippen molar-refractivity contribution in [1.29, 1.82) is 0 Å². The number of aliphatic imine (C=N–C) groups is 1. The van der Waals surface area contributed by atoms with Crippen molar-refractivity contribution >= 4 is 17.9 Å². The second-order valence-electron chi connectivity index (χ2n) is 5.52. The summed E-state index contributed by atoms with van der Waals surface area (Å²) >= 11 is 0. The van der Waals surface area contributed by atoms with Crippen LogP contribution in [-0.4, -0.2) is 26.1 Å². The van der Waals surface area contributed by atoms with Gasteiger partial charge in [0.15, 0.2) is 23.1 Å². The van der Waals surface area contributed by atoms with Gasteiger partial charge < -0.3 is 14.2 Å². The third kappa shape index (κ3) is 4.07. The molecule has 1 aliphatic rings. The molecular formula is C20H19NO4. The Hall–Kier alpha value is -3.08. The Morgan fingerprint density at radius 3 is 2.48 bits per heavy atom. The van der Waals surface area contributed by atoms with Crippen LogP contribution in [0.5, 0.6) is 11.5 Å². The number of hydrogen-bond donors (Lipinski definition) is 0. The average Bonchev–Trinajstić information content (AvgIpc) is 3.00. The summed E-state index contributed by atoms with van der Waals surface area (Å²) in [5.41, 5.74) is 2.26. The number of hydrogen-bond acceptors (Lipinski definition) is 5. The second kappa shape index (κ2) is 7.66. The second-order valence-corrected chi connectivity index (χ2v) is 5.52. The Morgan fingerprint density at radius 1 is 1.00 bits per heavy atom. The van der Waals surface area contributed by atoms with Gasteiger partial charge in [-0.1, -0.05) is 36.4 Å². The zero-order chi connectivity index (χ0) is 17.6. The molecule has 0 N–H and O–H groups in total. The molecule has 0 fully saturated rings. The lowest BCUT2D eigenvalue weighted by Gasteiger charge is -2.07. The highest BCUT2D eigenvalue weighted by molar-refractivity contribution is 6.07. The van der Waals surface area contributed by atoms with E-state index in [1.54, 1.807) is 32.4 Å². The number of carbonyl (C=O) groups excluding carboxylic acids is 1. The third-order valence-corrected chi connectivity index (χ3v) is 3.85. The van der Waals surface area contributed by atoms with Crippen molar-refractivity contribution in [2.45, 2.75) is 12.8 Å². The summed E-state index contributed by atoms with van der Waals surface area (Å²) in [4.78, 5) is 16.3. The van der Waals surface area contributed by atoms with E-state index in [4.69, 9.17) is 14.2 Å². The molecule has 0 saturated heterocycles. The van der Waals surface area contributed by atoms with Crippen LogP contribution in [0, 0.1) is 0 Å². The lowest BCUT2D eigenvalue weighted by molar-refractivity contribution is -0.130. The minimum Gasteiger partial charge on any atom is -0.493 e. The van der Waals surface area contributed by atoms with Crippen molar-refractivity contribution in [2.75, 3.05) is 14.2 Å². The maximum absolute atomic E-state index is 12.0. The van der Waals surface area contributed by atoms with E-state index in [0.29, 0.717) is 23.8 Å². The van der Waals surface area contributed by atoms with Crippen molar-refractivity contribution in [3.63, 3.8) is 0 Å². The summed E-state index contributed by atoms with van der Waals surface area (Å²) in [6.45, 7) is 0. The summed E-state index contributed by atoms with van der Waals surface area (Å²) in [7, 11) is 3.14. The van der Waals surface area contributed by atoms with E-state index >= 15 is 0 Å². The van der Waals surface area contributed by atoms with E-state index in [2.05, 4.69) is 4.99 Å². The molecule has 0 aliphatic carbocycles. The molecule has 3 rings (SSSR count). The fourth-order valence-electron chi connectivity index (χ4n) is 2.56. The third-order valence-electron chi connectivity index (χ3n) is 3.85. The van der Waals surface area contributed by atoms with Gasteiger partial charge in [0.25, 0.3) is 0 Å². The first-order valence-corrected chi connectivity index (χ1v) is 7.97. The quantitative estimate of drug-likeness (QED) is 0.596. The van der Waals surface area contributed by atoms with Crippen LogP contribution in [0.3, 0.4) is 0 Å². The molecule has 1 heterocycles. The van der Waals surface area contributed by atoms with Gasteiger partial charge in [0, 0.05) is 6.42 Å². The Bertz CT molecular complexity index is 825. The highest BCUT2D eigenvalue weighted by atomic mass is 16.6. The SMILES string of the molecule is COc1ccc(/C=C2/N=C(CCc3ccccc3)OC2=O)cc1OC. The van der Waals surface area contributed by atoms with Crippen LogP contribution in [0.4, 0.5) is 0 Å². The Balaban J connectivity index is 1.74. The molecule has 0 bridgehead atoms. The highest BCUT2D eigenvalue weighted by Gasteiger charge is 2.22. The number of nitrogens with zero attached hydrogens (tertiary/aromatic N) is 1. The number of methoxy groups -OCH3 is 2. The van der Waals surface area contributed by atoms with Crippen molar-refractivity contribution in [2.24, 2.45) is 4.99 Å². The number of cyclic esters (lactones) is 1. The number of esters is 1. The minimum absolute atomic E-state index is 0.287. The molecule has 2 aromatic rings. The first-order chi connectivity index (χ1) is 12.2. The van der Waals surface area contributed by atoms with E-state index < -0.39 is 5.97 Å². The van der Waals surface area contributed by atoms with E-state index in [1.165, 1.54) is 5.56 Å². The molecule has 2 aromatic carbocycles. The summed E-state index contributed by atoms with van der Waals surface area (Å²) in [6, 6.07) is 15.4. The molecule has 0 atom stereocenters.